The van der Waals surface area contributed by atoms with Gasteiger partial charge in [-0.15, -0.1) is 0 Å². The van der Waals surface area contributed by atoms with Gasteiger partial charge in [0.2, 0.25) is 5.91 Å². The first kappa shape index (κ1) is 16.3. The topological polar surface area (TPSA) is 66.8 Å². The maximum atomic E-state index is 12.8. The Morgan fingerprint density at radius 1 is 1.27 bits per heavy atom. The predicted molar refractivity (Wildman–Crippen MR) is 84.2 cm³/mol. The zero-order valence-electron chi connectivity index (χ0n) is 13.0. The average Bonchev–Trinajstić information content (AvgIpc) is 2.55. The minimum Gasteiger partial charge on any atom is -0.497 e. The molecule has 2 rings (SSSR count). The van der Waals surface area contributed by atoms with Gasteiger partial charge >= 0.3 is 5.97 Å². The summed E-state index contributed by atoms with van der Waals surface area (Å²) in [5, 5.41) is 8.94. The largest absolute Gasteiger partial charge is 0.497 e. The first-order valence-electron chi connectivity index (χ1n) is 7.79. The van der Waals surface area contributed by atoms with Gasteiger partial charge in [-0.05, 0) is 25.0 Å². The number of carbonyl (C=O) groups excluding carboxylic acids is 1. The molecule has 1 fully saturated rings. The quantitative estimate of drug-likeness (QED) is 0.877. The molecule has 1 aliphatic rings. The molecule has 1 aliphatic carbocycles. The van der Waals surface area contributed by atoms with Crippen molar-refractivity contribution in [1.82, 2.24) is 0 Å². The van der Waals surface area contributed by atoms with Gasteiger partial charge in [0.05, 0.1) is 13.5 Å². The summed E-state index contributed by atoms with van der Waals surface area (Å²) < 4.78 is 5.20. The maximum absolute atomic E-state index is 12.8. The van der Waals surface area contributed by atoms with Crippen molar-refractivity contribution < 1.29 is 19.4 Å². The van der Waals surface area contributed by atoms with Crippen LogP contribution < -0.4 is 9.64 Å². The van der Waals surface area contributed by atoms with E-state index in [1.54, 1.807) is 18.1 Å². The lowest BCUT2D eigenvalue weighted by Gasteiger charge is -2.29. The summed E-state index contributed by atoms with van der Waals surface area (Å²) in [4.78, 5) is 25.3. The van der Waals surface area contributed by atoms with Crippen LogP contribution in [0.15, 0.2) is 24.3 Å². The molecule has 1 amide bonds. The van der Waals surface area contributed by atoms with E-state index in [1.807, 2.05) is 18.2 Å². The number of hydrogen-bond donors (Lipinski definition) is 1. The molecule has 0 heterocycles. The highest BCUT2D eigenvalue weighted by atomic mass is 16.5. The van der Waals surface area contributed by atoms with Crippen molar-refractivity contribution in [3.63, 3.8) is 0 Å². The lowest BCUT2D eigenvalue weighted by Crippen LogP contribution is -2.38. The molecular weight excluding hydrogens is 282 g/mol. The number of anilines is 1. The SMILES string of the molecule is COc1cccc(N(CCC(=O)O)C(=O)C2CCCCC2)c1. The number of aliphatic carboxylic acids is 1. The monoisotopic (exact) mass is 305 g/mol. The fourth-order valence-corrected chi connectivity index (χ4v) is 2.92. The molecule has 0 radical (unpaired) electrons. The lowest BCUT2D eigenvalue weighted by molar-refractivity contribution is -0.136. The second kappa shape index (κ2) is 7.82. The molecule has 0 spiro atoms. The van der Waals surface area contributed by atoms with Crippen LogP contribution in [-0.2, 0) is 9.59 Å². The van der Waals surface area contributed by atoms with Crippen molar-refractivity contribution in [2.75, 3.05) is 18.6 Å². The number of nitrogens with zero attached hydrogens (tertiary/aromatic N) is 1. The summed E-state index contributed by atoms with van der Waals surface area (Å²) in [7, 11) is 1.57. The fourth-order valence-electron chi connectivity index (χ4n) is 2.92. The van der Waals surface area contributed by atoms with Crippen molar-refractivity contribution >= 4 is 17.6 Å². The molecule has 1 N–H and O–H groups in total. The number of rotatable bonds is 6. The van der Waals surface area contributed by atoms with Gasteiger partial charge in [-0.25, -0.2) is 0 Å². The third kappa shape index (κ3) is 4.23. The molecule has 1 aromatic rings. The normalized spacial score (nSPS) is 15.3. The van der Waals surface area contributed by atoms with E-state index in [2.05, 4.69) is 0 Å². The minimum atomic E-state index is -0.899. The molecule has 22 heavy (non-hydrogen) atoms. The Kier molecular flexibility index (Phi) is 5.81. The van der Waals surface area contributed by atoms with Crippen molar-refractivity contribution in [2.45, 2.75) is 38.5 Å². The molecular formula is C17H23NO4. The average molecular weight is 305 g/mol. The highest BCUT2D eigenvalue weighted by Gasteiger charge is 2.27. The second-order valence-electron chi connectivity index (χ2n) is 5.67. The zero-order valence-corrected chi connectivity index (χ0v) is 13.0. The fraction of sp³-hybridized carbons (Fsp3) is 0.529. The molecule has 0 unspecified atom stereocenters. The highest BCUT2D eigenvalue weighted by molar-refractivity contribution is 5.95. The molecule has 0 atom stereocenters. The number of carboxylic acid groups (broad SMARTS) is 1. The number of benzene rings is 1. The Morgan fingerprint density at radius 3 is 2.64 bits per heavy atom. The summed E-state index contributed by atoms with van der Waals surface area (Å²) in [6.45, 7) is 0.192. The third-order valence-corrected chi connectivity index (χ3v) is 4.13. The van der Waals surface area contributed by atoms with Crippen LogP contribution >= 0.6 is 0 Å². The van der Waals surface area contributed by atoms with Gasteiger partial charge in [-0.1, -0.05) is 25.3 Å². The molecule has 0 aliphatic heterocycles. The van der Waals surface area contributed by atoms with E-state index >= 15 is 0 Å². The smallest absolute Gasteiger partial charge is 0.305 e. The van der Waals surface area contributed by atoms with E-state index in [-0.39, 0.29) is 24.8 Å². The molecule has 5 nitrogen and oxygen atoms in total. The minimum absolute atomic E-state index is 0.00810. The molecule has 1 saturated carbocycles. The van der Waals surface area contributed by atoms with E-state index < -0.39 is 5.97 Å². The number of carbonyl (C=O) groups is 2. The van der Waals surface area contributed by atoms with Crippen LogP contribution in [0.5, 0.6) is 5.75 Å². The summed E-state index contributed by atoms with van der Waals surface area (Å²) in [5.41, 5.74) is 0.705. The van der Waals surface area contributed by atoms with E-state index in [0.29, 0.717) is 11.4 Å². The molecule has 5 heteroatoms. The van der Waals surface area contributed by atoms with Crippen LogP contribution in [0, 0.1) is 5.92 Å². The molecule has 1 aromatic carbocycles. The summed E-state index contributed by atoms with van der Waals surface area (Å²) in [6.07, 6.45) is 5.05. The lowest BCUT2D eigenvalue weighted by atomic mass is 9.88. The van der Waals surface area contributed by atoms with E-state index in [9.17, 15) is 9.59 Å². The van der Waals surface area contributed by atoms with Crippen LogP contribution in [0.2, 0.25) is 0 Å². The number of hydrogen-bond acceptors (Lipinski definition) is 3. The third-order valence-electron chi connectivity index (χ3n) is 4.13. The first-order chi connectivity index (χ1) is 10.6. The molecule has 120 valence electrons. The van der Waals surface area contributed by atoms with E-state index in [1.165, 1.54) is 6.42 Å². The van der Waals surface area contributed by atoms with Crippen LogP contribution in [-0.4, -0.2) is 30.6 Å². The van der Waals surface area contributed by atoms with Gasteiger partial charge in [0.25, 0.3) is 0 Å². The van der Waals surface area contributed by atoms with Gasteiger partial charge < -0.3 is 14.7 Å². The first-order valence-corrected chi connectivity index (χ1v) is 7.79. The second-order valence-corrected chi connectivity index (χ2v) is 5.67. The van der Waals surface area contributed by atoms with Gasteiger partial charge in [-0.3, -0.25) is 9.59 Å². The predicted octanol–water partition coefficient (Wildman–Crippen LogP) is 3.08. The molecule has 0 saturated heterocycles. The molecule has 0 aromatic heterocycles. The Morgan fingerprint density at radius 2 is 2.00 bits per heavy atom. The van der Waals surface area contributed by atoms with Crippen LogP contribution in [0.1, 0.15) is 38.5 Å². The Balaban J connectivity index is 2.20. The van der Waals surface area contributed by atoms with Gasteiger partial charge in [-0.2, -0.15) is 0 Å². The van der Waals surface area contributed by atoms with E-state index in [4.69, 9.17) is 9.84 Å². The van der Waals surface area contributed by atoms with Crippen LogP contribution in [0.3, 0.4) is 0 Å². The zero-order chi connectivity index (χ0) is 15.9. The van der Waals surface area contributed by atoms with Gasteiger partial charge in [0.15, 0.2) is 0 Å². The van der Waals surface area contributed by atoms with Crippen LogP contribution in [0.4, 0.5) is 5.69 Å². The van der Waals surface area contributed by atoms with Crippen molar-refractivity contribution in [3.05, 3.63) is 24.3 Å². The molecule has 0 bridgehead atoms. The van der Waals surface area contributed by atoms with E-state index in [0.717, 1.165) is 25.7 Å². The maximum Gasteiger partial charge on any atom is 0.305 e. The number of amides is 1. The summed E-state index contributed by atoms with van der Waals surface area (Å²) in [6, 6.07) is 7.23. The number of methoxy groups -OCH3 is 1. The number of ether oxygens (including phenoxy) is 1. The Hall–Kier alpha value is -2.04. The van der Waals surface area contributed by atoms with Gasteiger partial charge in [0.1, 0.15) is 5.75 Å². The Labute approximate surface area is 130 Å². The summed E-state index contributed by atoms with van der Waals surface area (Å²) >= 11 is 0. The standard InChI is InChI=1S/C17H23NO4/c1-22-15-9-5-8-14(12-15)18(11-10-16(19)20)17(21)13-6-3-2-4-7-13/h5,8-9,12-13H,2-4,6-7,10-11H2,1H3,(H,19,20). The van der Waals surface area contributed by atoms with Crippen molar-refractivity contribution in [1.29, 1.82) is 0 Å². The summed E-state index contributed by atoms with van der Waals surface area (Å²) in [5.74, 6) is -0.193. The highest BCUT2D eigenvalue weighted by Crippen LogP contribution is 2.29. The van der Waals surface area contributed by atoms with Gasteiger partial charge in [0, 0.05) is 24.2 Å². The van der Waals surface area contributed by atoms with Crippen LogP contribution in [0.25, 0.3) is 0 Å². The Bertz CT molecular complexity index is 523. The number of carboxylic acids is 1. The van der Waals surface area contributed by atoms with Crippen molar-refractivity contribution in [2.24, 2.45) is 5.92 Å². The van der Waals surface area contributed by atoms with Crippen molar-refractivity contribution in [3.8, 4) is 5.75 Å².